The second-order valence-electron chi connectivity index (χ2n) is 7.98. The third-order valence-corrected chi connectivity index (χ3v) is 6.34. The minimum absolute atomic E-state index is 0.0316. The smallest absolute Gasteiger partial charge is 0.258 e. The number of nitrogens with one attached hydrogen (secondary N) is 2. The molecule has 146 valence electrons. The number of aliphatic hydroxyl groups is 1. The standard InChI is InChI=1S/C21H29N3O3/c1-2-10-22-20(26)18-15(12-25)16-11-24-17(19(18)23-16)9-8-14(21(24)27)13-6-4-3-5-7-13/h6,8-9,15-16,18-19,23,25H,2-5,7,10-12H2,1H3,(H,22,26)/t15-,16-,18+,19+/m1/s1. The molecule has 27 heavy (non-hydrogen) atoms. The molecule has 1 saturated heterocycles. The Bertz CT molecular complexity index is 813. The summed E-state index contributed by atoms with van der Waals surface area (Å²) in [5.41, 5.74) is 2.86. The quantitative estimate of drug-likeness (QED) is 0.734. The molecule has 1 fully saturated rings. The van der Waals surface area contributed by atoms with Crippen molar-refractivity contribution in [2.45, 2.75) is 57.7 Å². The number of hydrogen-bond acceptors (Lipinski definition) is 4. The molecule has 1 aromatic rings. The maximum Gasteiger partial charge on any atom is 0.258 e. The lowest BCUT2D eigenvalue weighted by atomic mass is 9.86. The molecule has 2 bridgehead atoms. The van der Waals surface area contributed by atoms with E-state index in [-0.39, 0.29) is 42.0 Å². The van der Waals surface area contributed by atoms with Gasteiger partial charge < -0.3 is 20.3 Å². The minimum atomic E-state index is -0.348. The highest BCUT2D eigenvalue weighted by Crippen LogP contribution is 2.41. The average Bonchev–Trinajstić information content (AvgIpc) is 3.00. The monoisotopic (exact) mass is 371 g/mol. The van der Waals surface area contributed by atoms with E-state index < -0.39 is 0 Å². The Morgan fingerprint density at radius 1 is 1.37 bits per heavy atom. The van der Waals surface area contributed by atoms with Crippen molar-refractivity contribution in [3.8, 4) is 0 Å². The molecule has 4 atom stereocenters. The van der Waals surface area contributed by atoms with E-state index in [0.717, 1.165) is 42.5 Å². The molecule has 0 radical (unpaired) electrons. The third-order valence-electron chi connectivity index (χ3n) is 6.34. The van der Waals surface area contributed by atoms with Gasteiger partial charge in [0.2, 0.25) is 5.91 Å². The number of carbonyl (C=O) groups excluding carboxylic acids is 1. The van der Waals surface area contributed by atoms with Crippen molar-refractivity contribution >= 4 is 11.5 Å². The molecular weight excluding hydrogens is 342 g/mol. The highest BCUT2D eigenvalue weighted by molar-refractivity contribution is 5.80. The Morgan fingerprint density at radius 2 is 2.22 bits per heavy atom. The van der Waals surface area contributed by atoms with E-state index in [1.54, 1.807) is 0 Å². The molecule has 3 aliphatic rings. The van der Waals surface area contributed by atoms with E-state index in [9.17, 15) is 14.7 Å². The van der Waals surface area contributed by atoms with Crippen molar-refractivity contribution in [1.29, 1.82) is 0 Å². The first-order chi connectivity index (χ1) is 13.2. The van der Waals surface area contributed by atoms with Crippen LogP contribution in [-0.2, 0) is 11.3 Å². The fourth-order valence-corrected chi connectivity index (χ4v) is 4.94. The van der Waals surface area contributed by atoms with Gasteiger partial charge in [-0.2, -0.15) is 0 Å². The van der Waals surface area contributed by atoms with Gasteiger partial charge in [0.25, 0.3) is 5.56 Å². The summed E-state index contributed by atoms with van der Waals surface area (Å²) in [6.07, 6.45) is 7.39. The van der Waals surface area contributed by atoms with Crippen molar-refractivity contribution in [2.24, 2.45) is 11.8 Å². The zero-order chi connectivity index (χ0) is 19.0. The number of aromatic nitrogens is 1. The van der Waals surface area contributed by atoms with Crippen molar-refractivity contribution in [3.63, 3.8) is 0 Å². The van der Waals surface area contributed by atoms with Crippen LogP contribution in [0.2, 0.25) is 0 Å². The van der Waals surface area contributed by atoms with Crippen LogP contribution in [-0.4, -0.2) is 34.8 Å². The average molecular weight is 371 g/mol. The molecule has 2 aliphatic heterocycles. The molecule has 1 aliphatic carbocycles. The maximum atomic E-state index is 13.2. The maximum absolute atomic E-state index is 13.2. The lowest BCUT2D eigenvalue weighted by Gasteiger charge is -2.28. The molecule has 3 heterocycles. The Hall–Kier alpha value is -1.92. The van der Waals surface area contributed by atoms with Gasteiger partial charge in [0.05, 0.1) is 12.0 Å². The summed E-state index contributed by atoms with van der Waals surface area (Å²) in [5.74, 6) is -0.557. The van der Waals surface area contributed by atoms with Crippen LogP contribution in [0.4, 0.5) is 0 Å². The summed E-state index contributed by atoms with van der Waals surface area (Å²) in [6, 6.07) is 3.65. The van der Waals surface area contributed by atoms with Crippen LogP contribution in [0.5, 0.6) is 0 Å². The van der Waals surface area contributed by atoms with E-state index in [4.69, 9.17) is 0 Å². The molecule has 0 spiro atoms. The summed E-state index contributed by atoms with van der Waals surface area (Å²) >= 11 is 0. The van der Waals surface area contributed by atoms with Gasteiger partial charge in [0, 0.05) is 42.9 Å². The number of amides is 1. The van der Waals surface area contributed by atoms with Crippen LogP contribution >= 0.6 is 0 Å². The first kappa shape index (κ1) is 18.4. The lowest BCUT2D eigenvalue weighted by molar-refractivity contribution is -0.127. The van der Waals surface area contributed by atoms with Gasteiger partial charge in [-0.1, -0.05) is 13.0 Å². The zero-order valence-electron chi connectivity index (χ0n) is 15.9. The summed E-state index contributed by atoms with van der Waals surface area (Å²) < 4.78 is 1.84. The van der Waals surface area contributed by atoms with E-state index in [1.807, 2.05) is 23.6 Å². The fourth-order valence-electron chi connectivity index (χ4n) is 4.94. The van der Waals surface area contributed by atoms with Gasteiger partial charge in [-0.3, -0.25) is 9.59 Å². The Labute approximate surface area is 159 Å². The second-order valence-corrected chi connectivity index (χ2v) is 7.98. The lowest BCUT2D eigenvalue weighted by Crippen LogP contribution is -2.44. The largest absolute Gasteiger partial charge is 0.396 e. The molecule has 0 unspecified atom stereocenters. The number of hydrogen-bond donors (Lipinski definition) is 3. The molecule has 6 nitrogen and oxygen atoms in total. The number of fused-ring (bicyclic) bond motifs is 4. The van der Waals surface area contributed by atoms with Gasteiger partial charge in [-0.05, 0) is 49.8 Å². The van der Waals surface area contributed by atoms with Crippen LogP contribution in [0.25, 0.3) is 5.57 Å². The van der Waals surface area contributed by atoms with Crippen LogP contribution in [0.3, 0.4) is 0 Å². The number of rotatable bonds is 5. The minimum Gasteiger partial charge on any atom is -0.396 e. The van der Waals surface area contributed by atoms with Crippen LogP contribution in [0.15, 0.2) is 23.0 Å². The zero-order valence-corrected chi connectivity index (χ0v) is 15.9. The van der Waals surface area contributed by atoms with Gasteiger partial charge in [0.15, 0.2) is 0 Å². The molecule has 4 rings (SSSR count). The van der Waals surface area contributed by atoms with Crippen LogP contribution in [0.1, 0.15) is 56.3 Å². The van der Waals surface area contributed by atoms with Crippen molar-refractivity contribution in [1.82, 2.24) is 15.2 Å². The van der Waals surface area contributed by atoms with Gasteiger partial charge in [0.1, 0.15) is 0 Å². The molecule has 1 amide bonds. The van der Waals surface area contributed by atoms with E-state index in [0.29, 0.717) is 13.1 Å². The summed E-state index contributed by atoms with van der Waals surface area (Å²) in [7, 11) is 0. The number of pyridine rings is 1. The number of aliphatic hydroxyl groups excluding tert-OH is 1. The van der Waals surface area contributed by atoms with E-state index >= 15 is 0 Å². The van der Waals surface area contributed by atoms with Crippen molar-refractivity contribution in [3.05, 3.63) is 39.8 Å². The number of carbonyl (C=O) groups is 1. The molecular formula is C21H29N3O3. The molecule has 0 saturated carbocycles. The molecule has 1 aromatic heterocycles. The highest BCUT2D eigenvalue weighted by Gasteiger charge is 2.50. The number of allylic oxidation sites excluding steroid dienone is 2. The first-order valence-corrected chi connectivity index (χ1v) is 10.2. The fraction of sp³-hybridized carbons (Fsp3) is 0.619. The van der Waals surface area contributed by atoms with Gasteiger partial charge >= 0.3 is 0 Å². The molecule has 0 aromatic carbocycles. The predicted molar refractivity (Wildman–Crippen MR) is 104 cm³/mol. The SMILES string of the molecule is CCCNC(=O)[C@H]1[C@H](CO)[C@H]2Cn3c(ccc(C4=CCCCC4)c3=O)[C@@H]1N2. The van der Waals surface area contributed by atoms with Crippen LogP contribution in [0, 0.1) is 11.8 Å². The summed E-state index contributed by atoms with van der Waals surface area (Å²) in [5, 5.41) is 16.4. The summed E-state index contributed by atoms with van der Waals surface area (Å²) in [6.45, 7) is 3.10. The van der Waals surface area contributed by atoms with Crippen molar-refractivity contribution < 1.29 is 9.90 Å². The molecule has 6 heteroatoms. The van der Waals surface area contributed by atoms with E-state index in [1.165, 1.54) is 6.42 Å². The Balaban J connectivity index is 1.71. The third kappa shape index (κ3) is 3.15. The van der Waals surface area contributed by atoms with Crippen molar-refractivity contribution in [2.75, 3.05) is 13.2 Å². The van der Waals surface area contributed by atoms with E-state index in [2.05, 4.69) is 16.7 Å². The predicted octanol–water partition coefficient (Wildman–Crippen LogP) is 1.58. The Kier molecular flexibility index (Phi) is 5.19. The first-order valence-electron chi connectivity index (χ1n) is 10.2. The second kappa shape index (κ2) is 7.60. The Morgan fingerprint density at radius 3 is 2.93 bits per heavy atom. The van der Waals surface area contributed by atoms with Gasteiger partial charge in [-0.25, -0.2) is 0 Å². The summed E-state index contributed by atoms with van der Waals surface area (Å²) in [4.78, 5) is 26.0. The normalized spacial score (nSPS) is 29.2. The molecule has 3 N–H and O–H groups in total. The van der Waals surface area contributed by atoms with Gasteiger partial charge in [-0.15, -0.1) is 0 Å². The highest BCUT2D eigenvalue weighted by atomic mass is 16.3. The van der Waals surface area contributed by atoms with Crippen LogP contribution < -0.4 is 16.2 Å². The number of nitrogens with zero attached hydrogens (tertiary/aromatic N) is 1. The topological polar surface area (TPSA) is 83.4 Å².